The molecule has 1 unspecified atom stereocenters. The molecule has 3 heterocycles. The molecule has 0 aliphatic carbocycles. The van der Waals surface area contributed by atoms with Crippen LogP contribution in [-0.2, 0) is 17.0 Å². The van der Waals surface area contributed by atoms with Crippen LogP contribution in [0.4, 0.5) is 0 Å². The van der Waals surface area contributed by atoms with Gasteiger partial charge in [0, 0.05) is 29.5 Å². The van der Waals surface area contributed by atoms with Gasteiger partial charge in [-0.05, 0) is 57.2 Å². The summed E-state index contributed by atoms with van der Waals surface area (Å²) in [6, 6.07) is 5.74. The van der Waals surface area contributed by atoms with E-state index >= 15 is 0 Å². The van der Waals surface area contributed by atoms with Gasteiger partial charge in [-0.15, -0.1) is 0 Å². The normalized spacial score (nSPS) is 16.9. The predicted octanol–water partition coefficient (Wildman–Crippen LogP) is 4.69. The zero-order valence-corrected chi connectivity index (χ0v) is 17.7. The molecule has 4 rings (SSSR count). The van der Waals surface area contributed by atoms with Gasteiger partial charge < -0.3 is 13.7 Å². The summed E-state index contributed by atoms with van der Waals surface area (Å²) < 4.78 is 13.6. The maximum Gasteiger partial charge on any atom is 0.336 e. The molecule has 0 spiro atoms. The van der Waals surface area contributed by atoms with Crippen molar-refractivity contribution in [2.45, 2.75) is 64.1 Å². The fourth-order valence-electron chi connectivity index (χ4n) is 3.73. The molecule has 0 amide bonds. The predicted molar refractivity (Wildman–Crippen MR) is 112 cm³/mol. The van der Waals surface area contributed by atoms with Crippen molar-refractivity contribution < 1.29 is 9.15 Å². The molecule has 1 saturated heterocycles. The van der Waals surface area contributed by atoms with Crippen molar-refractivity contribution in [2.75, 3.05) is 6.61 Å². The van der Waals surface area contributed by atoms with Gasteiger partial charge in [-0.1, -0.05) is 23.9 Å². The van der Waals surface area contributed by atoms with Crippen molar-refractivity contribution in [1.82, 2.24) is 9.55 Å². The molecule has 1 atom stereocenters. The Balaban J connectivity index is 1.64. The van der Waals surface area contributed by atoms with Crippen LogP contribution < -0.4 is 5.63 Å². The van der Waals surface area contributed by atoms with Crippen LogP contribution in [0, 0.1) is 27.7 Å². The van der Waals surface area contributed by atoms with Crippen LogP contribution in [0.1, 0.15) is 40.9 Å². The second-order valence-corrected chi connectivity index (χ2v) is 8.52. The van der Waals surface area contributed by atoms with E-state index in [1.54, 1.807) is 17.8 Å². The SMILES string of the molecule is Cc1ccc2c(CSc3nc(C)c(C)n3CC3CCCO3)cc(=O)oc2c1C. The molecular weight excluding hydrogens is 372 g/mol. The third-order valence-corrected chi connectivity index (χ3v) is 6.73. The first-order chi connectivity index (χ1) is 13.4. The molecule has 0 saturated carbocycles. The Morgan fingerprint density at radius 3 is 2.82 bits per heavy atom. The van der Waals surface area contributed by atoms with E-state index in [2.05, 4.69) is 17.6 Å². The number of hydrogen-bond donors (Lipinski definition) is 0. The largest absolute Gasteiger partial charge is 0.422 e. The van der Waals surface area contributed by atoms with Gasteiger partial charge in [0.25, 0.3) is 0 Å². The number of fused-ring (bicyclic) bond motifs is 1. The lowest BCUT2D eigenvalue weighted by molar-refractivity contribution is 0.0945. The second-order valence-electron chi connectivity index (χ2n) is 7.57. The van der Waals surface area contributed by atoms with Crippen LogP contribution in [0.25, 0.3) is 11.0 Å². The smallest absolute Gasteiger partial charge is 0.336 e. The van der Waals surface area contributed by atoms with E-state index in [4.69, 9.17) is 14.1 Å². The van der Waals surface area contributed by atoms with Crippen molar-refractivity contribution >= 4 is 22.7 Å². The van der Waals surface area contributed by atoms with E-state index in [9.17, 15) is 4.79 Å². The number of benzene rings is 1. The number of rotatable bonds is 5. The van der Waals surface area contributed by atoms with Gasteiger partial charge in [0.1, 0.15) is 5.58 Å². The summed E-state index contributed by atoms with van der Waals surface area (Å²) in [5.74, 6) is 0.673. The molecule has 0 radical (unpaired) electrons. The monoisotopic (exact) mass is 398 g/mol. The van der Waals surface area contributed by atoms with Crippen LogP contribution >= 0.6 is 11.8 Å². The molecule has 0 N–H and O–H groups in total. The molecule has 3 aromatic rings. The first kappa shape index (κ1) is 19.3. The van der Waals surface area contributed by atoms with Crippen molar-refractivity contribution in [1.29, 1.82) is 0 Å². The quantitative estimate of drug-likeness (QED) is 0.461. The highest BCUT2D eigenvalue weighted by Crippen LogP contribution is 2.30. The summed E-state index contributed by atoms with van der Waals surface area (Å²) in [6.07, 6.45) is 2.50. The first-order valence-corrected chi connectivity index (χ1v) is 10.7. The van der Waals surface area contributed by atoms with Crippen molar-refractivity contribution in [2.24, 2.45) is 0 Å². The molecule has 148 valence electrons. The van der Waals surface area contributed by atoms with Crippen LogP contribution in [0.15, 0.2) is 32.6 Å². The maximum absolute atomic E-state index is 12.1. The molecule has 2 aromatic heterocycles. The van der Waals surface area contributed by atoms with Gasteiger partial charge >= 0.3 is 5.63 Å². The van der Waals surface area contributed by atoms with Gasteiger partial charge in [0.05, 0.1) is 18.3 Å². The summed E-state index contributed by atoms with van der Waals surface area (Å²) in [5, 5.41) is 1.98. The summed E-state index contributed by atoms with van der Waals surface area (Å²) >= 11 is 1.67. The van der Waals surface area contributed by atoms with E-state index in [1.165, 1.54) is 5.69 Å². The maximum atomic E-state index is 12.1. The van der Waals surface area contributed by atoms with Crippen molar-refractivity contribution in [3.8, 4) is 0 Å². The summed E-state index contributed by atoms with van der Waals surface area (Å²) in [7, 11) is 0. The number of imidazole rings is 1. The number of hydrogen-bond acceptors (Lipinski definition) is 5. The Labute approximate surface area is 169 Å². The van der Waals surface area contributed by atoms with E-state index < -0.39 is 0 Å². The minimum absolute atomic E-state index is 0.266. The number of nitrogens with zero attached hydrogens (tertiary/aromatic N) is 2. The zero-order valence-electron chi connectivity index (χ0n) is 16.9. The highest BCUT2D eigenvalue weighted by atomic mass is 32.2. The van der Waals surface area contributed by atoms with Gasteiger partial charge in [0.15, 0.2) is 5.16 Å². The lowest BCUT2D eigenvalue weighted by Crippen LogP contribution is -2.16. The molecule has 28 heavy (non-hydrogen) atoms. The number of aryl methyl sites for hydroxylation is 3. The van der Waals surface area contributed by atoms with E-state index in [0.29, 0.717) is 11.3 Å². The number of thioether (sulfide) groups is 1. The minimum atomic E-state index is -0.299. The fraction of sp³-hybridized carbons (Fsp3) is 0.455. The van der Waals surface area contributed by atoms with Gasteiger partial charge in [-0.3, -0.25) is 0 Å². The number of aromatic nitrogens is 2. The molecule has 5 nitrogen and oxygen atoms in total. The molecule has 0 bridgehead atoms. The second kappa shape index (κ2) is 7.76. The average molecular weight is 399 g/mol. The molecule has 1 aliphatic rings. The third-order valence-electron chi connectivity index (χ3n) is 5.71. The third kappa shape index (κ3) is 3.63. The Morgan fingerprint density at radius 2 is 2.07 bits per heavy atom. The standard InChI is InChI=1S/C22H26N2O3S/c1-13-7-8-19-17(10-20(25)27-21(19)14(13)2)12-28-22-23-15(3)16(4)24(22)11-18-6-5-9-26-18/h7-8,10,18H,5-6,9,11-12H2,1-4H3. The molecule has 1 fully saturated rings. The molecular formula is C22H26N2O3S. The topological polar surface area (TPSA) is 57.3 Å². The Kier molecular flexibility index (Phi) is 5.34. The van der Waals surface area contributed by atoms with Gasteiger partial charge in [-0.2, -0.15) is 0 Å². The zero-order chi connectivity index (χ0) is 19.8. The average Bonchev–Trinajstić information content (AvgIpc) is 3.27. The first-order valence-electron chi connectivity index (χ1n) is 9.75. The van der Waals surface area contributed by atoms with Crippen LogP contribution in [0.3, 0.4) is 0 Å². The Hall–Kier alpha value is -2.05. The lowest BCUT2D eigenvalue weighted by atomic mass is 10.0. The van der Waals surface area contributed by atoms with Crippen LogP contribution in [0.5, 0.6) is 0 Å². The summed E-state index contributed by atoms with van der Waals surface area (Å²) in [4.78, 5) is 16.9. The van der Waals surface area contributed by atoms with E-state index in [-0.39, 0.29) is 11.7 Å². The van der Waals surface area contributed by atoms with Crippen molar-refractivity contribution in [3.05, 3.63) is 56.7 Å². The molecule has 6 heteroatoms. The highest BCUT2D eigenvalue weighted by molar-refractivity contribution is 7.98. The fourth-order valence-corrected chi connectivity index (χ4v) is 4.82. The Bertz CT molecular complexity index is 1080. The highest BCUT2D eigenvalue weighted by Gasteiger charge is 2.20. The number of ether oxygens (including phenoxy) is 1. The van der Waals surface area contributed by atoms with Gasteiger partial charge in [0.2, 0.25) is 0 Å². The molecule has 1 aromatic carbocycles. The summed E-state index contributed by atoms with van der Waals surface area (Å²) in [6.45, 7) is 9.88. The van der Waals surface area contributed by atoms with E-state index in [0.717, 1.165) is 58.9 Å². The summed E-state index contributed by atoms with van der Waals surface area (Å²) in [5.41, 5.74) is 5.75. The minimum Gasteiger partial charge on any atom is -0.422 e. The van der Waals surface area contributed by atoms with Crippen LogP contribution in [0.2, 0.25) is 0 Å². The van der Waals surface area contributed by atoms with Crippen molar-refractivity contribution in [3.63, 3.8) is 0 Å². The lowest BCUT2D eigenvalue weighted by Gasteiger charge is -2.15. The van der Waals surface area contributed by atoms with Gasteiger partial charge in [-0.25, -0.2) is 9.78 Å². The van der Waals surface area contributed by atoms with Crippen LogP contribution in [-0.4, -0.2) is 22.3 Å². The Morgan fingerprint density at radius 1 is 1.25 bits per heavy atom. The molecule has 1 aliphatic heterocycles. The van der Waals surface area contributed by atoms with E-state index in [1.807, 2.05) is 26.8 Å².